The second-order valence-corrected chi connectivity index (χ2v) is 7.63. The number of ether oxygens (including phenoxy) is 1. The molecule has 0 atom stereocenters. The van der Waals surface area contributed by atoms with Crippen molar-refractivity contribution < 1.29 is 14.6 Å². The Morgan fingerprint density at radius 3 is 2.21 bits per heavy atom. The van der Waals surface area contributed by atoms with Gasteiger partial charge in [0.05, 0.1) is 18.5 Å². The van der Waals surface area contributed by atoms with Crippen LogP contribution in [-0.4, -0.2) is 33.9 Å². The summed E-state index contributed by atoms with van der Waals surface area (Å²) in [5, 5.41) is 9.46. The van der Waals surface area contributed by atoms with Crippen molar-refractivity contribution in [3.05, 3.63) is 60.7 Å². The van der Waals surface area contributed by atoms with Crippen LogP contribution in [0.15, 0.2) is 65.8 Å². The number of hydrogen-bond acceptors (Lipinski definition) is 5. The fourth-order valence-corrected chi connectivity index (χ4v) is 3.73. The normalized spacial score (nSPS) is 10.7. The molecule has 1 N–H and O–H groups in total. The first kappa shape index (κ1) is 20.9. The van der Waals surface area contributed by atoms with Gasteiger partial charge in [-0.05, 0) is 43.2 Å². The molecule has 2 aromatic carbocycles. The SMILES string of the molecule is COc1ccc(-c2cc(-c3ccccc3)nc(SCCCCCC(=O)O)n2)cc1. The Morgan fingerprint density at radius 1 is 0.931 bits per heavy atom. The largest absolute Gasteiger partial charge is 0.497 e. The maximum absolute atomic E-state index is 10.6. The lowest BCUT2D eigenvalue weighted by Crippen LogP contribution is -1.96. The van der Waals surface area contributed by atoms with Gasteiger partial charge in [0.1, 0.15) is 5.75 Å². The van der Waals surface area contributed by atoms with Crippen LogP contribution >= 0.6 is 11.8 Å². The molecule has 0 radical (unpaired) electrons. The van der Waals surface area contributed by atoms with E-state index in [-0.39, 0.29) is 6.42 Å². The third kappa shape index (κ3) is 6.32. The molecule has 0 aliphatic carbocycles. The van der Waals surface area contributed by atoms with E-state index in [2.05, 4.69) is 0 Å². The fraction of sp³-hybridized carbons (Fsp3) is 0.261. The summed E-state index contributed by atoms with van der Waals surface area (Å²) in [6.45, 7) is 0. The molecular weight excluding hydrogens is 384 g/mol. The third-order valence-corrected chi connectivity index (χ3v) is 5.36. The smallest absolute Gasteiger partial charge is 0.303 e. The van der Waals surface area contributed by atoms with Crippen LogP contribution < -0.4 is 4.74 Å². The summed E-state index contributed by atoms with van der Waals surface area (Å²) in [4.78, 5) is 20.1. The summed E-state index contributed by atoms with van der Waals surface area (Å²) in [6.07, 6.45) is 2.77. The van der Waals surface area contributed by atoms with Gasteiger partial charge in [0.2, 0.25) is 0 Å². The number of methoxy groups -OCH3 is 1. The van der Waals surface area contributed by atoms with Gasteiger partial charge in [-0.15, -0.1) is 0 Å². The predicted molar refractivity (Wildman–Crippen MR) is 116 cm³/mol. The molecule has 0 unspecified atom stereocenters. The number of aliphatic carboxylic acids is 1. The Labute approximate surface area is 175 Å². The summed E-state index contributed by atoms with van der Waals surface area (Å²) in [5.74, 6) is 0.933. The number of rotatable bonds is 10. The molecule has 150 valence electrons. The molecule has 0 amide bonds. The fourth-order valence-electron chi connectivity index (χ4n) is 2.87. The minimum atomic E-state index is -0.735. The first-order valence-electron chi connectivity index (χ1n) is 9.59. The molecule has 0 aliphatic heterocycles. The second-order valence-electron chi connectivity index (χ2n) is 6.57. The number of aromatic nitrogens is 2. The van der Waals surface area contributed by atoms with Crippen molar-refractivity contribution in [1.29, 1.82) is 0 Å². The molecule has 0 saturated carbocycles. The number of nitrogens with zero attached hydrogens (tertiary/aromatic N) is 2. The van der Waals surface area contributed by atoms with Crippen LogP contribution in [-0.2, 0) is 4.79 Å². The Balaban J connectivity index is 1.78. The first-order valence-corrected chi connectivity index (χ1v) is 10.6. The molecule has 29 heavy (non-hydrogen) atoms. The van der Waals surface area contributed by atoms with Crippen LogP contribution in [0.5, 0.6) is 5.75 Å². The van der Waals surface area contributed by atoms with Crippen molar-refractivity contribution in [3.63, 3.8) is 0 Å². The van der Waals surface area contributed by atoms with E-state index in [1.807, 2.05) is 60.7 Å². The highest BCUT2D eigenvalue weighted by Gasteiger charge is 2.09. The quantitative estimate of drug-likeness (QED) is 0.269. The average molecular weight is 409 g/mol. The summed E-state index contributed by atoms with van der Waals surface area (Å²) in [5.41, 5.74) is 3.82. The maximum atomic E-state index is 10.6. The van der Waals surface area contributed by atoms with Crippen LogP contribution in [0.1, 0.15) is 25.7 Å². The molecule has 1 aromatic heterocycles. The molecule has 6 heteroatoms. The maximum Gasteiger partial charge on any atom is 0.303 e. The van der Waals surface area contributed by atoms with E-state index >= 15 is 0 Å². The number of carboxylic acids is 1. The molecule has 0 aliphatic rings. The van der Waals surface area contributed by atoms with Gasteiger partial charge in [0.25, 0.3) is 0 Å². The highest BCUT2D eigenvalue weighted by molar-refractivity contribution is 7.99. The number of carboxylic acid groups (broad SMARTS) is 1. The minimum absolute atomic E-state index is 0.228. The van der Waals surface area contributed by atoms with Crippen molar-refractivity contribution >= 4 is 17.7 Å². The van der Waals surface area contributed by atoms with Crippen LogP contribution in [0, 0.1) is 0 Å². The highest BCUT2D eigenvalue weighted by atomic mass is 32.2. The molecule has 0 fully saturated rings. The standard InChI is InChI=1S/C23H24N2O3S/c1-28-19-13-11-18(12-14-19)21-16-20(17-8-4-2-5-9-17)24-23(25-21)29-15-7-3-6-10-22(26)27/h2,4-5,8-9,11-14,16H,3,6-7,10,15H2,1H3,(H,26,27). The summed E-state index contributed by atoms with van der Waals surface area (Å²) in [6, 6.07) is 19.9. The zero-order valence-corrected chi connectivity index (χ0v) is 17.2. The predicted octanol–water partition coefficient (Wildman–Crippen LogP) is 5.56. The summed E-state index contributed by atoms with van der Waals surface area (Å²) >= 11 is 1.61. The Morgan fingerprint density at radius 2 is 1.59 bits per heavy atom. The van der Waals surface area contributed by atoms with Crippen molar-refractivity contribution in [3.8, 4) is 28.3 Å². The number of thioether (sulfide) groups is 1. The Hall–Kier alpha value is -2.86. The van der Waals surface area contributed by atoms with Gasteiger partial charge in [-0.3, -0.25) is 4.79 Å². The van der Waals surface area contributed by atoms with Crippen molar-refractivity contribution in [1.82, 2.24) is 9.97 Å². The van der Waals surface area contributed by atoms with E-state index in [1.165, 1.54) is 0 Å². The van der Waals surface area contributed by atoms with Gasteiger partial charge in [-0.2, -0.15) is 0 Å². The lowest BCUT2D eigenvalue weighted by Gasteiger charge is -2.09. The van der Waals surface area contributed by atoms with Gasteiger partial charge in [0.15, 0.2) is 5.16 Å². The Kier molecular flexibility index (Phi) is 7.64. The Bertz CT molecular complexity index is 931. The molecule has 3 rings (SSSR count). The van der Waals surface area contributed by atoms with Crippen LogP contribution in [0.4, 0.5) is 0 Å². The van der Waals surface area contributed by atoms with Crippen LogP contribution in [0.3, 0.4) is 0 Å². The molecule has 0 spiro atoms. The van der Waals surface area contributed by atoms with Gasteiger partial charge in [0, 0.05) is 23.3 Å². The van der Waals surface area contributed by atoms with Gasteiger partial charge < -0.3 is 9.84 Å². The molecular formula is C23H24N2O3S. The number of unbranched alkanes of at least 4 members (excludes halogenated alkanes) is 2. The molecule has 3 aromatic rings. The van der Waals surface area contributed by atoms with E-state index in [0.29, 0.717) is 6.42 Å². The number of carbonyl (C=O) groups is 1. The summed E-state index contributed by atoms with van der Waals surface area (Å²) < 4.78 is 5.25. The van der Waals surface area contributed by atoms with Gasteiger partial charge in [-0.25, -0.2) is 9.97 Å². The van der Waals surface area contributed by atoms with Crippen LogP contribution in [0.25, 0.3) is 22.5 Å². The minimum Gasteiger partial charge on any atom is -0.497 e. The number of benzene rings is 2. The monoisotopic (exact) mass is 408 g/mol. The highest BCUT2D eigenvalue weighted by Crippen LogP contribution is 2.28. The summed E-state index contributed by atoms with van der Waals surface area (Å²) in [7, 11) is 1.65. The van der Waals surface area contributed by atoms with E-state index in [9.17, 15) is 4.79 Å². The van der Waals surface area contributed by atoms with E-state index in [4.69, 9.17) is 19.8 Å². The zero-order valence-electron chi connectivity index (χ0n) is 16.4. The van der Waals surface area contributed by atoms with E-state index in [1.54, 1.807) is 18.9 Å². The first-order chi connectivity index (χ1) is 14.2. The molecule has 1 heterocycles. The average Bonchev–Trinajstić information content (AvgIpc) is 2.76. The van der Waals surface area contributed by atoms with Crippen molar-refractivity contribution in [2.24, 2.45) is 0 Å². The lowest BCUT2D eigenvalue weighted by molar-refractivity contribution is -0.137. The van der Waals surface area contributed by atoms with Crippen molar-refractivity contribution in [2.45, 2.75) is 30.8 Å². The molecule has 0 bridgehead atoms. The lowest BCUT2D eigenvalue weighted by atomic mass is 10.1. The molecule has 0 saturated heterocycles. The van der Waals surface area contributed by atoms with E-state index in [0.717, 1.165) is 52.0 Å². The number of hydrogen-bond donors (Lipinski definition) is 1. The third-order valence-electron chi connectivity index (χ3n) is 4.43. The second kappa shape index (κ2) is 10.6. The molecule has 5 nitrogen and oxygen atoms in total. The zero-order chi connectivity index (χ0) is 20.5. The van der Waals surface area contributed by atoms with Crippen LogP contribution in [0.2, 0.25) is 0 Å². The van der Waals surface area contributed by atoms with Gasteiger partial charge >= 0.3 is 5.97 Å². The topological polar surface area (TPSA) is 72.3 Å². The van der Waals surface area contributed by atoms with Crippen molar-refractivity contribution in [2.75, 3.05) is 12.9 Å². The van der Waals surface area contributed by atoms with E-state index < -0.39 is 5.97 Å². The van der Waals surface area contributed by atoms with Gasteiger partial charge in [-0.1, -0.05) is 48.5 Å².